The maximum atomic E-state index is 12.7. The Morgan fingerprint density at radius 1 is 1.06 bits per heavy atom. The summed E-state index contributed by atoms with van der Waals surface area (Å²) in [6, 6.07) is 11.5. The molecule has 2 heterocycles. The minimum absolute atomic E-state index is 0.0822. The molecule has 1 aromatic heterocycles. The molecule has 1 fully saturated rings. The number of anilines is 2. The Kier molecular flexibility index (Phi) is 5.84. The van der Waals surface area contributed by atoms with E-state index in [4.69, 9.17) is 4.74 Å². The zero-order valence-electron chi connectivity index (χ0n) is 18.2. The lowest BCUT2D eigenvalue weighted by Crippen LogP contribution is -2.20. The average molecular weight is 421 g/mol. The van der Waals surface area contributed by atoms with Crippen LogP contribution >= 0.6 is 0 Å². The van der Waals surface area contributed by atoms with Crippen LogP contribution in [0.2, 0.25) is 0 Å². The number of fused-ring (bicyclic) bond motifs is 1. The van der Waals surface area contributed by atoms with E-state index in [0.29, 0.717) is 6.61 Å². The van der Waals surface area contributed by atoms with Gasteiger partial charge in [-0.3, -0.25) is 13.9 Å². The van der Waals surface area contributed by atoms with E-state index in [1.807, 2.05) is 43.3 Å². The third kappa shape index (κ3) is 4.21. The zero-order chi connectivity index (χ0) is 22.0. The summed E-state index contributed by atoms with van der Waals surface area (Å²) in [5, 5.41) is 3.02. The van der Waals surface area contributed by atoms with Crippen LogP contribution in [0.5, 0.6) is 5.75 Å². The summed E-state index contributed by atoms with van der Waals surface area (Å²) in [5.41, 5.74) is 4.16. The van der Waals surface area contributed by atoms with E-state index in [0.717, 1.165) is 59.7 Å². The topological polar surface area (TPSA) is 68.5 Å². The summed E-state index contributed by atoms with van der Waals surface area (Å²) < 4.78 is 8.70. The normalized spacial score (nSPS) is 14.0. The number of hydrogen-bond donors (Lipinski definition) is 1. The lowest BCUT2D eigenvalue weighted by molar-refractivity contribution is -0.111. The summed E-state index contributed by atoms with van der Waals surface area (Å²) in [4.78, 5) is 27.4. The van der Waals surface area contributed by atoms with Crippen LogP contribution < -0.4 is 20.6 Å². The van der Waals surface area contributed by atoms with Gasteiger partial charge in [0.25, 0.3) is 0 Å². The molecule has 0 spiro atoms. The highest BCUT2D eigenvalue weighted by molar-refractivity contribution is 6.05. The molecule has 3 aromatic rings. The van der Waals surface area contributed by atoms with E-state index < -0.39 is 0 Å². The Morgan fingerprint density at radius 3 is 2.35 bits per heavy atom. The Bertz CT molecular complexity index is 1180. The number of imidazole rings is 1. The Hall–Kier alpha value is -3.48. The van der Waals surface area contributed by atoms with Crippen LogP contribution in [0.25, 0.3) is 17.1 Å². The van der Waals surface area contributed by atoms with Crippen molar-refractivity contribution >= 4 is 34.4 Å². The number of benzene rings is 2. The third-order valence-electron chi connectivity index (χ3n) is 5.71. The largest absolute Gasteiger partial charge is 0.494 e. The third-order valence-corrected chi connectivity index (χ3v) is 5.71. The van der Waals surface area contributed by atoms with Crippen LogP contribution in [0.15, 0.2) is 47.3 Å². The van der Waals surface area contributed by atoms with Gasteiger partial charge in [0.2, 0.25) is 5.91 Å². The van der Waals surface area contributed by atoms with Crippen molar-refractivity contribution in [2.24, 2.45) is 14.1 Å². The lowest BCUT2D eigenvalue weighted by atomic mass is 10.2. The second-order valence-electron chi connectivity index (χ2n) is 7.78. The van der Waals surface area contributed by atoms with Crippen molar-refractivity contribution in [3.05, 3.63) is 58.5 Å². The van der Waals surface area contributed by atoms with Crippen molar-refractivity contribution in [1.29, 1.82) is 0 Å². The standard InChI is InChI=1S/C24H28N4O3/c1-4-31-18-10-7-17(8-11-18)9-12-23(29)25-19-15-21-22(27(3)24(30)26(21)2)16-20(19)28-13-5-6-14-28/h7-12,15-16H,4-6,13-14H2,1-3H3,(H,25,29)/b12-9+. The van der Waals surface area contributed by atoms with Crippen molar-refractivity contribution in [2.45, 2.75) is 19.8 Å². The fraction of sp³-hybridized carbons (Fsp3) is 0.333. The van der Waals surface area contributed by atoms with Gasteiger partial charge >= 0.3 is 5.69 Å². The monoisotopic (exact) mass is 420 g/mol. The van der Waals surface area contributed by atoms with E-state index in [1.54, 1.807) is 29.3 Å². The van der Waals surface area contributed by atoms with Gasteiger partial charge in [0, 0.05) is 33.3 Å². The zero-order valence-corrected chi connectivity index (χ0v) is 18.2. The highest BCUT2D eigenvalue weighted by Gasteiger charge is 2.20. The van der Waals surface area contributed by atoms with Gasteiger partial charge in [-0.05, 0) is 55.7 Å². The predicted molar refractivity (Wildman–Crippen MR) is 125 cm³/mol. The number of amides is 1. The van der Waals surface area contributed by atoms with Gasteiger partial charge in [-0.25, -0.2) is 4.79 Å². The first kappa shape index (κ1) is 20.8. The number of carbonyl (C=O) groups is 1. The molecule has 0 unspecified atom stereocenters. The Labute approximate surface area is 181 Å². The van der Waals surface area contributed by atoms with E-state index in [-0.39, 0.29) is 11.6 Å². The molecule has 0 atom stereocenters. The molecule has 0 bridgehead atoms. The van der Waals surface area contributed by atoms with Gasteiger partial charge in [-0.15, -0.1) is 0 Å². The smallest absolute Gasteiger partial charge is 0.328 e. The van der Waals surface area contributed by atoms with Crippen molar-refractivity contribution in [2.75, 3.05) is 29.9 Å². The van der Waals surface area contributed by atoms with Gasteiger partial charge in [0.05, 0.1) is 29.0 Å². The highest BCUT2D eigenvalue weighted by Crippen LogP contribution is 2.33. The van der Waals surface area contributed by atoms with Gasteiger partial charge in [-0.2, -0.15) is 0 Å². The fourth-order valence-corrected chi connectivity index (χ4v) is 4.04. The molecule has 1 aliphatic heterocycles. The summed E-state index contributed by atoms with van der Waals surface area (Å²) in [5.74, 6) is 0.593. The molecule has 4 rings (SSSR count). The van der Waals surface area contributed by atoms with Crippen molar-refractivity contribution in [3.63, 3.8) is 0 Å². The van der Waals surface area contributed by atoms with Crippen LogP contribution in [0.4, 0.5) is 11.4 Å². The first-order valence-corrected chi connectivity index (χ1v) is 10.6. The minimum Gasteiger partial charge on any atom is -0.494 e. The van der Waals surface area contributed by atoms with Crippen LogP contribution in [0.3, 0.4) is 0 Å². The fourth-order valence-electron chi connectivity index (χ4n) is 4.04. The molecule has 1 N–H and O–H groups in total. The number of nitrogens with one attached hydrogen (secondary N) is 1. The average Bonchev–Trinajstić information content (AvgIpc) is 3.37. The second-order valence-corrected chi connectivity index (χ2v) is 7.78. The lowest BCUT2D eigenvalue weighted by Gasteiger charge is -2.22. The minimum atomic E-state index is -0.213. The number of ether oxygens (including phenoxy) is 1. The quantitative estimate of drug-likeness (QED) is 0.620. The van der Waals surface area contributed by atoms with Crippen LogP contribution in [0, 0.1) is 0 Å². The van der Waals surface area contributed by atoms with E-state index in [1.165, 1.54) is 6.08 Å². The number of nitrogens with zero attached hydrogens (tertiary/aromatic N) is 3. The molecule has 0 saturated carbocycles. The van der Waals surface area contributed by atoms with E-state index >= 15 is 0 Å². The SMILES string of the molecule is CCOc1ccc(/C=C/C(=O)Nc2cc3c(cc2N2CCCC2)n(C)c(=O)n3C)cc1. The van der Waals surface area contributed by atoms with Crippen LogP contribution in [0.1, 0.15) is 25.3 Å². The predicted octanol–water partition coefficient (Wildman–Crippen LogP) is 3.53. The molecule has 0 radical (unpaired) electrons. The number of carbonyl (C=O) groups excluding carboxylic acids is 1. The number of aromatic nitrogens is 2. The Balaban J connectivity index is 1.61. The number of aryl methyl sites for hydroxylation is 2. The molecule has 2 aromatic carbocycles. The molecule has 7 nitrogen and oxygen atoms in total. The van der Waals surface area contributed by atoms with Crippen molar-refractivity contribution in [1.82, 2.24) is 9.13 Å². The first-order chi connectivity index (χ1) is 15.0. The molecule has 0 aliphatic carbocycles. The molecule has 1 saturated heterocycles. The van der Waals surface area contributed by atoms with Crippen LogP contribution in [-0.4, -0.2) is 34.7 Å². The second kappa shape index (κ2) is 8.71. The molecular weight excluding hydrogens is 392 g/mol. The van der Waals surface area contributed by atoms with Gasteiger partial charge in [0.15, 0.2) is 0 Å². The molecular formula is C24H28N4O3. The summed E-state index contributed by atoms with van der Waals surface area (Å²) in [6.45, 7) is 4.45. The van der Waals surface area contributed by atoms with E-state index in [9.17, 15) is 9.59 Å². The number of rotatable bonds is 6. The Morgan fingerprint density at radius 2 is 1.71 bits per heavy atom. The van der Waals surface area contributed by atoms with Crippen LogP contribution in [-0.2, 0) is 18.9 Å². The molecule has 1 amide bonds. The summed E-state index contributed by atoms with van der Waals surface area (Å²) >= 11 is 0. The molecule has 1 aliphatic rings. The summed E-state index contributed by atoms with van der Waals surface area (Å²) in [7, 11) is 3.52. The molecule has 31 heavy (non-hydrogen) atoms. The maximum Gasteiger partial charge on any atom is 0.328 e. The van der Waals surface area contributed by atoms with E-state index in [2.05, 4.69) is 10.2 Å². The summed E-state index contributed by atoms with van der Waals surface area (Å²) in [6.07, 6.45) is 5.54. The maximum absolute atomic E-state index is 12.7. The van der Waals surface area contributed by atoms with Gasteiger partial charge in [-0.1, -0.05) is 12.1 Å². The molecule has 162 valence electrons. The van der Waals surface area contributed by atoms with Gasteiger partial charge < -0.3 is 15.0 Å². The highest BCUT2D eigenvalue weighted by atomic mass is 16.5. The van der Waals surface area contributed by atoms with Crippen molar-refractivity contribution in [3.8, 4) is 5.75 Å². The first-order valence-electron chi connectivity index (χ1n) is 10.6. The van der Waals surface area contributed by atoms with Gasteiger partial charge in [0.1, 0.15) is 5.75 Å². The van der Waals surface area contributed by atoms with Crippen molar-refractivity contribution < 1.29 is 9.53 Å². The number of hydrogen-bond acceptors (Lipinski definition) is 4. The molecule has 7 heteroatoms.